The van der Waals surface area contributed by atoms with Gasteiger partial charge in [0.15, 0.2) is 5.69 Å². The Morgan fingerprint density at radius 2 is 2.00 bits per heavy atom. The lowest BCUT2D eigenvalue weighted by molar-refractivity contribution is 0.0689. The molecule has 0 atom stereocenters. The van der Waals surface area contributed by atoms with E-state index < -0.39 is 5.97 Å². The molecule has 1 heterocycles. The number of hydrogen-bond acceptors (Lipinski definition) is 5. The number of aromatic carboxylic acids is 1. The van der Waals surface area contributed by atoms with Crippen molar-refractivity contribution in [2.45, 2.75) is 20.3 Å². The number of carboxylic acids is 1. The van der Waals surface area contributed by atoms with E-state index in [1.807, 2.05) is 13.8 Å². The lowest BCUT2D eigenvalue weighted by Gasteiger charge is -2.10. The highest BCUT2D eigenvalue weighted by Gasteiger charge is 2.17. The molecule has 15 heavy (non-hydrogen) atoms. The number of hydrogen-bond donors (Lipinski definition) is 3. The molecule has 5 N–H and O–H groups in total. The number of carbonyl (C=O) groups is 1. The summed E-state index contributed by atoms with van der Waals surface area (Å²) in [4.78, 5) is 18.3. The lowest BCUT2D eigenvalue weighted by Crippen LogP contribution is -2.14. The predicted octanol–water partition coefficient (Wildman–Crippen LogP) is 0.538. The van der Waals surface area contributed by atoms with E-state index in [9.17, 15) is 4.79 Å². The summed E-state index contributed by atoms with van der Waals surface area (Å²) >= 11 is 0. The highest BCUT2D eigenvalue weighted by Crippen LogP contribution is 2.18. The highest BCUT2D eigenvalue weighted by molar-refractivity contribution is 5.88. The van der Waals surface area contributed by atoms with Crippen molar-refractivity contribution < 1.29 is 9.90 Å². The third kappa shape index (κ3) is 2.55. The van der Waals surface area contributed by atoms with Gasteiger partial charge in [0, 0.05) is 5.56 Å². The molecule has 0 amide bonds. The minimum Gasteiger partial charge on any atom is -0.476 e. The Morgan fingerprint density at radius 1 is 1.40 bits per heavy atom. The summed E-state index contributed by atoms with van der Waals surface area (Å²) in [6.45, 7) is 3.92. The highest BCUT2D eigenvalue weighted by atomic mass is 16.4. The fourth-order valence-corrected chi connectivity index (χ4v) is 1.31. The topological polar surface area (TPSA) is 115 Å². The Kier molecular flexibility index (Phi) is 3.08. The van der Waals surface area contributed by atoms with E-state index in [1.54, 1.807) is 0 Å². The predicted molar refractivity (Wildman–Crippen MR) is 56.4 cm³/mol. The van der Waals surface area contributed by atoms with Gasteiger partial charge in [-0.3, -0.25) is 0 Å². The zero-order valence-electron chi connectivity index (χ0n) is 8.69. The van der Waals surface area contributed by atoms with Crippen LogP contribution in [0.2, 0.25) is 0 Å². The minimum atomic E-state index is -1.13. The molecule has 0 unspecified atom stereocenters. The van der Waals surface area contributed by atoms with Crippen LogP contribution in [0.5, 0.6) is 0 Å². The monoisotopic (exact) mass is 210 g/mol. The largest absolute Gasteiger partial charge is 0.476 e. The summed E-state index contributed by atoms with van der Waals surface area (Å²) < 4.78 is 0. The van der Waals surface area contributed by atoms with Gasteiger partial charge in [0.2, 0.25) is 5.95 Å². The molecule has 0 aliphatic carbocycles. The number of nitrogens with two attached hydrogens (primary N) is 2. The molecule has 0 saturated heterocycles. The van der Waals surface area contributed by atoms with Gasteiger partial charge in [-0.25, -0.2) is 9.78 Å². The summed E-state index contributed by atoms with van der Waals surface area (Å²) in [6.07, 6.45) is 0.522. The van der Waals surface area contributed by atoms with Crippen LogP contribution in [0.4, 0.5) is 11.8 Å². The molecule has 0 spiro atoms. The van der Waals surface area contributed by atoms with Crippen LogP contribution in [-0.4, -0.2) is 21.0 Å². The lowest BCUT2D eigenvalue weighted by atomic mass is 10.0. The van der Waals surface area contributed by atoms with Crippen molar-refractivity contribution in [1.29, 1.82) is 0 Å². The molecule has 1 rings (SSSR count). The average Bonchev–Trinajstić information content (AvgIpc) is 2.08. The number of carboxylic acid groups (broad SMARTS) is 1. The maximum absolute atomic E-state index is 10.9. The minimum absolute atomic E-state index is 0.103. The molecule has 0 bridgehead atoms. The Hall–Kier alpha value is -1.85. The van der Waals surface area contributed by atoms with E-state index in [-0.39, 0.29) is 23.4 Å². The van der Waals surface area contributed by atoms with Gasteiger partial charge in [-0.1, -0.05) is 13.8 Å². The third-order valence-electron chi connectivity index (χ3n) is 1.87. The molecule has 1 aromatic rings. The molecule has 0 aromatic carbocycles. The quantitative estimate of drug-likeness (QED) is 0.670. The average molecular weight is 210 g/mol. The third-order valence-corrected chi connectivity index (χ3v) is 1.87. The van der Waals surface area contributed by atoms with Crippen LogP contribution < -0.4 is 11.5 Å². The second-order valence-corrected chi connectivity index (χ2v) is 3.70. The molecule has 6 nitrogen and oxygen atoms in total. The molecular weight excluding hydrogens is 196 g/mol. The van der Waals surface area contributed by atoms with Crippen LogP contribution in [0.15, 0.2) is 0 Å². The Morgan fingerprint density at radius 3 is 2.47 bits per heavy atom. The van der Waals surface area contributed by atoms with Gasteiger partial charge in [-0.15, -0.1) is 0 Å². The molecule has 1 aromatic heterocycles. The summed E-state index contributed by atoms with van der Waals surface area (Å²) in [7, 11) is 0. The number of anilines is 2. The first-order chi connectivity index (χ1) is 6.91. The van der Waals surface area contributed by atoms with Crippen LogP contribution in [0.3, 0.4) is 0 Å². The van der Waals surface area contributed by atoms with E-state index >= 15 is 0 Å². The van der Waals surface area contributed by atoms with Crippen LogP contribution in [0.25, 0.3) is 0 Å². The van der Waals surface area contributed by atoms with Gasteiger partial charge in [0.1, 0.15) is 5.82 Å². The van der Waals surface area contributed by atoms with Crippen molar-refractivity contribution in [3.8, 4) is 0 Å². The first-order valence-electron chi connectivity index (χ1n) is 4.57. The van der Waals surface area contributed by atoms with Gasteiger partial charge in [-0.05, 0) is 12.3 Å². The van der Waals surface area contributed by atoms with Crippen molar-refractivity contribution in [3.05, 3.63) is 11.3 Å². The Balaban J connectivity index is 3.27. The normalized spacial score (nSPS) is 10.6. The van der Waals surface area contributed by atoms with E-state index in [0.717, 1.165) is 0 Å². The molecule has 0 aliphatic heterocycles. The summed E-state index contributed by atoms with van der Waals surface area (Å²) in [5.41, 5.74) is 11.3. The maximum atomic E-state index is 10.9. The molecule has 0 fully saturated rings. The molecule has 0 aliphatic rings. The van der Waals surface area contributed by atoms with E-state index in [1.165, 1.54) is 0 Å². The smallest absolute Gasteiger partial charge is 0.355 e. The first-order valence-corrected chi connectivity index (χ1v) is 4.57. The number of aromatic nitrogens is 2. The Bertz CT molecular complexity index is 390. The van der Waals surface area contributed by atoms with E-state index in [2.05, 4.69) is 9.97 Å². The zero-order valence-corrected chi connectivity index (χ0v) is 8.69. The van der Waals surface area contributed by atoms with Crippen molar-refractivity contribution in [2.75, 3.05) is 11.5 Å². The van der Waals surface area contributed by atoms with Gasteiger partial charge in [0.25, 0.3) is 0 Å². The molecule has 6 heteroatoms. The van der Waals surface area contributed by atoms with Crippen molar-refractivity contribution in [2.24, 2.45) is 5.92 Å². The van der Waals surface area contributed by atoms with Crippen LogP contribution in [0, 0.1) is 5.92 Å². The van der Waals surface area contributed by atoms with Crippen LogP contribution in [0.1, 0.15) is 29.9 Å². The Labute approximate surface area is 87.3 Å². The second kappa shape index (κ2) is 4.12. The fraction of sp³-hybridized carbons (Fsp3) is 0.444. The van der Waals surface area contributed by atoms with E-state index in [4.69, 9.17) is 16.6 Å². The van der Waals surface area contributed by atoms with Crippen LogP contribution >= 0.6 is 0 Å². The number of nitrogens with zero attached hydrogens (tertiary/aromatic N) is 2. The summed E-state index contributed by atoms with van der Waals surface area (Å²) in [6, 6.07) is 0. The molecule has 0 radical (unpaired) electrons. The fourth-order valence-electron chi connectivity index (χ4n) is 1.31. The van der Waals surface area contributed by atoms with Crippen molar-refractivity contribution in [1.82, 2.24) is 9.97 Å². The first kappa shape index (κ1) is 11.2. The molecule has 82 valence electrons. The number of nitrogen functional groups attached to an aromatic ring is 2. The van der Waals surface area contributed by atoms with Gasteiger partial charge >= 0.3 is 5.97 Å². The van der Waals surface area contributed by atoms with Crippen molar-refractivity contribution in [3.63, 3.8) is 0 Å². The van der Waals surface area contributed by atoms with E-state index in [0.29, 0.717) is 12.0 Å². The second-order valence-electron chi connectivity index (χ2n) is 3.70. The molecular formula is C9H14N4O2. The van der Waals surface area contributed by atoms with Crippen LogP contribution in [-0.2, 0) is 6.42 Å². The zero-order chi connectivity index (χ0) is 11.6. The SMILES string of the molecule is CC(C)Cc1c(N)nc(N)nc1C(=O)O. The summed E-state index contributed by atoms with van der Waals surface area (Å²) in [5.74, 6) is -0.824. The summed E-state index contributed by atoms with van der Waals surface area (Å²) in [5, 5.41) is 8.93. The van der Waals surface area contributed by atoms with Gasteiger partial charge in [-0.2, -0.15) is 4.98 Å². The van der Waals surface area contributed by atoms with Crippen molar-refractivity contribution >= 4 is 17.7 Å². The maximum Gasteiger partial charge on any atom is 0.355 e. The standard InChI is InChI=1S/C9H14N4O2/c1-4(2)3-5-6(8(14)15)12-9(11)13-7(5)10/h4H,3H2,1-2H3,(H,14,15)(H4,10,11,12,13). The molecule has 0 saturated carbocycles. The van der Waals surface area contributed by atoms with Gasteiger partial charge in [0.05, 0.1) is 0 Å². The van der Waals surface area contributed by atoms with Gasteiger partial charge < -0.3 is 16.6 Å². The number of rotatable bonds is 3.